The molecule has 0 spiro atoms. The lowest BCUT2D eigenvalue weighted by atomic mass is 10.3. The van der Waals surface area contributed by atoms with E-state index in [2.05, 4.69) is 21.8 Å². The highest BCUT2D eigenvalue weighted by atomic mass is 16.1. The molecule has 0 radical (unpaired) electrons. The molecule has 3 N–H and O–H groups in total. The average Bonchev–Trinajstić information content (AvgIpc) is 2.09. The average molecular weight is 177 g/mol. The Bertz CT molecular complexity index is 397. The molecule has 0 aliphatic carbocycles. The third-order valence-electron chi connectivity index (χ3n) is 1.44. The topological polar surface area (TPSA) is 71.8 Å². The van der Waals surface area contributed by atoms with E-state index in [1.54, 1.807) is 0 Å². The highest BCUT2D eigenvalue weighted by molar-refractivity contribution is 5.48. The molecule has 4 nitrogen and oxygen atoms in total. The summed E-state index contributed by atoms with van der Waals surface area (Å²) in [7, 11) is 0. The van der Waals surface area contributed by atoms with Crippen molar-refractivity contribution >= 4 is 5.82 Å². The molecule has 68 valence electrons. The normalized spacial score (nSPS) is 9.00. The van der Waals surface area contributed by atoms with E-state index < -0.39 is 5.69 Å². The largest absolute Gasteiger partial charge is 0.384 e. The van der Waals surface area contributed by atoms with Gasteiger partial charge in [0.1, 0.15) is 5.82 Å². The number of nitrogen functional groups attached to an aromatic ring is 1. The van der Waals surface area contributed by atoms with Crippen molar-refractivity contribution in [2.24, 2.45) is 0 Å². The number of nitrogens with zero attached hydrogens (tertiary/aromatic N) is 1. The van der Waals surface area contributed by atoms with Crippen LogP contribution in [-0.2, 0) is 0 Å². The molecule has 0 saturated carbocycles. The Morgan fingerprint density at radius 1 is 1.69 bits per heavy atom. The number of aromatic amines is 1. The monoisotopic (exact) mass is 177 g/mol. The Kier molecular flexibility index (Phi) is 3.09. The van der Waals surface area contributed by atoms with Gasteiger partial charge in [0.2, 0.25) is 0 Å². The second kappa shape index (κ2) is 4.31. The zero-order chi connectivity index (χ0) is 9.68. The van der Waals surface area contributed by atoms with Gasteiger partial charge in [-0.2, -0.15) is 0 Å². The minimum Gasteiger partial charge on any atom is -0.384 e. The minimum atomic E-state index is -0.446. The molecular formula is C9H11N3O. The molecule has 1 rings (SSSR count). The number of rotatable bonds is 1. The quantitative estimate of drug-likeness (QED) is 0.614. The summed E-state index contributed by atoms with van der Waals surface area (Å²) in [5.41, 5.74) is 5.64. The lowest BCUT2D eigenvalue weighted by Crippen LogP contribution is -2.12. The maximum atomic E-state index is 10.7. The van der Waals surface area contributed by atoms with Crippen molar-refractivity contribution in [3.8, 4) is 11.8 Å². The molecular weight excluding hydrogens is 166 g/mol. The van der Waals surface area contributed by atoms with Gasteiger partial charge in [-0.05, 0) is 6.42 Å². The number of unbranched alkanes of at least 4 members (excludes halogenated alkanes) is 1. The standard InChI is InChI=1S/C9H11N3O/c1-2-3-4-5-7-6-11-9(13)12-8(7)10/h6H,2-3H2,1H3,(H3,10,11,12,13). The molecule has 0 amide bonds. The van der Waals surface area contributed by atoms with Gasteiger partial charge in [-0.25, -0.2) is 9.78 Å². The second-order valence-electron chi connectivity index (χ2n) is 2.57. The first-order chi connectivity index (χ1) is 6.24. The molecule has 0 bridgehead atoms. The van der Waals surface area contributed by atoms with E-state index in [0.717, 1.165) is 12.8 Å². The van der Waals surface area contributed by atoms with Crippen LogP contribution in [0, 0.1) is 11.8 Å². The van der Waals surface area contributed by atoms with Crippen LogP contribution in [0.15, 0.2) is 11.0 Å². The van der Waals surface area contributed by atoms with Crippen molar-refractivity contribution in [2.75, 3.05) is 5.73 Å². The van der Waals surface area contributed by atoms with Crippen LogP contribution in [0.5, 0.6) is 0 Å². The van der Waals surface area contributed by atoms with Gasteiger partial charge in [-0.15, -0.1) is 0 Å². The second-order valence-corrected chi connectivity index (χ2v) is 2.57. The Labute approximate surface area is 76.2 Å². The summed E-state index contributed by atoms with van der Waals surface area (Å²) in [5.74, 6) is 6.03. The lowest BCUT2D eigenvalue weighted by Gasteiger charge is -1.93. The summed E-state index contributed by atoms with van der Waals surface area (Å²) in [6.45, 7) is 2.04. The van der Waals surface area contributed by atoms with Gasteiger partial charge >= 0.3 is 5.69 Å². The summed E-state index contributed by atoms with van der Waals surface area (Å²) >= 11 is 0. The Balaban J connectivity index is 2.92. The third-order valence-corrected chi connectivity index (χ3v) is 1.44. The summed E-state index contributed by atoms with van der Waals surface area (Å²) in [5, 5.41) is 0. The molecule has 0 aromatic carbocycles. The Morgan fingerprint density at radius 3 is 3.08 bits per heavy atom. The van der Waals surface area contributed by atoms with Gasteiger partial charge in [0.25, 0.3) is 0 Å². The van der Waals surface area contributed by atoms with E-state index in [1.165, 1.54) is 6.20 Å². The number of anilines is 1. The lowest BCUT2D eigenvalue weighted by molar-refractivity contribution is 0.983. The molecule has 4 heteroatoms. The van der Waals surface area contributed by atoms with Crippen LogP contribution in [0.2, 0.25) is 0 Å². The van der Waals surface area contributed by atoms with Crippen LogP contribution in [0.1, 0.15) is 25.3 Å². The number of hydrogen-bond donors (Lipinski definition) is 2. The van der Waals surface area contributed by atoms with Crippen LogP contribution in [-0.4, -0.2) is 9.97 Å². The summed E-state index contributed by atoms with van der Waals surface area (Å²) < 4.78 is 0. The van der Waals surface area contributed by atoms with Crippen molar-refractivity contribution in [1.29, 1.82) is 0 Å². The maximum absolute atomic E-state index is 10.7. The van der Waals surface area contributed by atoms with Crippen LogP contribution >= 0.6 is 0 Å². The van der Waals surface area contributed by atoms with Crippen molar-refractivity contribution in [3.05, 3.63) is 22.2 Å². The van der Waals surface area contributed by atoms with Crippen molar-refractivity contribution in [1.82, 2.24) is 9.97 Å². The minimum absolute atomic E-state index is 0.281. The Hall–Kier alpha value is -1.76. The van der Waals surface area contributed by atoms with Crippen molar-refractivity contribution in [2.45, 2.75) is 19.8 Å². The first kappa shape index (κ1) is 9.33. The molecule has 1 aromatic rings. The van der Waals surface area contributed by atoms with E-state index in [-0.39, 0.29) is 5.82 Å². The predicted octanol–water partition coefficient (Wildman–Crippen LogP) is 0.504. The first-order valence-electron chi connectivity index (χ1n) is 4.07. The summed E-state index contributed by atoms with van der Waals surface area (Å²) in [6, 6.07) is 0. The number of nitrogens with two attached hydrogens (primary N) is 1. The fraction of sp³-hybridized carbons (Fsp3) is 0.333. The first-order valence-corrected chi connectivity index (χ1v) is 4.07. The van der Waals surface area contributed by atoms with Gasteiger partial charge in [0, 0.05) is 6.42 Å². The van der Waals surface area contributed by atoms with Crippen molar-refractivity contribution < 1.29 is 0 Å². The maximum Gasteiger partial charge on any atom is 0.346 e. The number of H-pyrrole nitrogens is 1. The van der Waals surface area contributed by atoms with Crippen LogP contribution in [0.3, 0.4) is 0 Å². The van der Waals surface area contributed by atoms with Gasteiger partial charge < -0.3 is 5.73 Å². The summed E-state index contributed by atoms with van der Waals surface area (Å²) in [6.07, 6.45) is 3.21. The van der Waals surface area contributed by atoms with Gasteiger partial charge in [0.05, 0.1) is 11.8 Å². The van der Waals surface area contributed by atoms with Crippen molar-refractivity contribution in [3.63, 3.8) is 0 Å². The molecule has 1 heterocycles. The van der Waals surface area contributed by atoms with E-state index in [1.807, 2.05) is 6.92 Å². The van der Waals surface area contributed by atoms with Crippen LogP contribution in [0.25, 0.3) is 0 Å². The van der Waals surface area contributed by atoms with E-state index in [4.69, 9.17) is 5.73 Å². The fourth-order valence-electron chi connectivity index (χ4n) is 0.790. The molecule has 0 atom stereocenters. The molecule has 1 aromatic heterocycles. The molecule has 0 unspecified atom stereocenters. The van der Waals surface area contributed by atoms with Gasteiger partial charge in [-0.1, -0.05) is 18.8 Å². The van der Waals surface area contributed by atoms with E-state index in [9.17, 15) is 4.79 Å². The molecule has 13 heavy (non-hydrogen) atoms. The molecule has 0 aliphatic heterocycles. The third kappa shape index (κ3) is 2.64. The fourth-order valence-corrected chi connectivity index (χ4v) is 0.790. The Morgan fingerprint density at radius 2 is 2.46 bits per heavy atom. The van der Waals surface area contributed by atoms with E-state index >= 15 is 0 Å². The van der Waals surface area contributed by atoms with Crippen LogP contribution < -0.4 is 11.4 Å². The SMILES string of the molecule is CCCC#Cc1cnc(=O)[nH]c1N. The molecule has 0 saturated heterocycles. The number of nitrogens with one attached hydrogen (secondary N) is 1. The van der Waals surface area contributed by atoms with Gasteiger partial charge in [0.15, 0.2) is 0 Å². The highest BCUT2D eigenvalue weighted by Gasteiger charge is 1.95. The zero-order valence-electron chi connectivity index (χ0n) is 7.42. The van der Waals surface area contributed by atoms with Gasteiger partial charge in [-0.3, -0.25) is 4.98 Å². The smallest absolute Gasteiger partial charge is 0.346 e. The molecule has 0 aliphatic rings. The number of hydrogen-bond acceptors (Lipinski definition) is 3. The zero-order valence-corrected chi connectivity index (χ0v) is 7.42. The molecule has 0 fully saturated rings. The summed E-state index contributed by atoms with van der Waals surface area (Å²) in [4.78, 5) is 16.6. The van der Waals surface area contributed by atoms with E-state index in [0.29, 0.717) is 5.56 Å². The van der Waals surface area contributed by atoms with Crippen LogP contribution in [0.4, 0.5) is 5.82 Å². The highest BCUT2D eigenvalue weighted by Crippen LogP contribution is 2.00. The predicted molar refractivity (Wildman–Crippen MR) is 51.1 cm³/mol. The number of aromatic nitrogens is 2.